The highest BCUT2D eigenvalue weighted by Gasteiger charge is 2.09. The number of rotatable bonds is 3. The minimum atomic E-state index is -0.658. The first-order chi connectivity index (χ1) is 6.65. The van der Waals surface area contributed by atoms with Crippen molar-refractivity contribution in [2.24, 2.45) is 0 Å². The summed E-state index contributed by atoms with van der Waals surface area (Å²) in [7, 11) is 0. The Hall–Kier alpha value is -1.75. The Morgan fingerprint density at radius 2 is 2.00 bits per heavy atom. The van der Waals surface area contributed by atoms with E-state index in [9.17, 15) is 4.79 Å². The second-order valence-corrected chi connectivity index (χ2v) is 2.56. The zero-order chi connectivity index (χ0) is 10.6. The van der Waals surface area contributed by atoms with Crippen molar-refractivity contribution in [3.05, 3.63) is 23.8 Å². The molecule has 76 valence electrons. The molecule has 0 saturated heterocycles. The van der Waals surface area contributed by atoms with Gasteiger partial charge in [-0.25, -0.2) is 4.79 Å². The van der Waals surface area contributed by atoms with E-state index in [0.29, 0.717) is 0 Å². The summed E-state index contributed by atoms with van der Waals surface area (Å²) in [5.41, 5.74) is 0.119. The average molecular weight is 198 g/mol. The highest BCUT2D eigenvalue weighted by molar-refractivity contribution is 5.90. The lowest BCUT2D eigenvalue weighted by Crippen LogP contribution is -2.08. The highest BCUT2D eigenvalue weighted by atomic mass is 16.5. The summed E-state index contributed by atoms with van der Waals surface area (Å²) >= 11 is 0. The highest BCUT2D eigenvalue weighted by Crippen LogP contribution is 2.24. The number of carbonyl (C=O) groups excluding carboxylic acids is 1. The first-order valence-corrected chi connectivity index (χ1v) is 3.95. The summed E-state index contributed by atoms with van der Waals surface area (Å²) < 4.78 is 4.59. The lowest BCUT2D eigenvalue weighted by molar-refractivity contribution is 0.0433. The third-order valence-corrected chi connectivity index (χ3v) is 1.54. The van der Waals surface area contributed by atoms with E-state index in [-0.39, 0.29) is 30.3 Å². The predicted octanol–water partition coefficient (Wildman–Crippen LogP) is 0.247. The van der Waals surface area contributed by atoms with Gasteiger partial charge in [0.2, 0.25) is 0 Å². The van der Waals surface area contributed by atoms with Gasteiger partial charge in [0.15, 0.2) is 11.5 Å². The number of aromatic hydroxyl groups is 2. The number of aliphatic hydroxyl groups is 1. The van der Waals surface area contributed by atoms with Crippen LogP contribution in [0.4, 0.5) is 0 Å². The van der Waals surface area contributed by atoms with Gasteiger partial charge in [-0.2, -0.15) is 0 Å². The Kier molecular flexibility index (Phi) is 3.30. The zero-order valence-electron chi connectivity index (χ0n) is 7.30. The topological polar surface area (TPSA) is 87.0 Å². The Bertz CT molecular complexity index is 334. The number of carbonyl (C=O) groups is 1. The molecular weight excluding hydrogens is 188 g/mol. The Morgan fingerprint density at radius 1 is 1.29 bits per heavy atom. The van der Waals surface area contributed by atoms with Gasteiger partial charge in [0, 0.05) is 0 Å². The molecule has 5 heteroatoms. The molecule has 0 amide bonds. The number of benzene rings is 1. The van der Waals surface area contributed by atoms with E-state index in [2.05, 4.69) is 4.74 Å². The molecule has 3 N–H and O–H groups in total. The van der Waals surface area contributed by atoms with E-state index in [1.807, 2.05) is 0 Å². The van der Waals surface area contributed by atoms with Gasteiger partial charge in [0.1, 0.15) is 6.61 Å². The number of esters is 1. The molecule has 0 fully saturated rings. The minimum Gasteiger partial charge on any atom is -0.504 e. The molecule has 0 aliphatic rings. The van der Waals surface area contributed by atoms with Crippen LogP contribution in [0.25, 0.3) is 0 Å². The predicted molar refractivity (Wildman–Crippen MR) is 47.1 cm³/mol. The van der Waals surface area contributed by atoms with Gasteiger partial charge in [-0.05, 0) is 18.2 Å². The molecule has 0 aliphatic carbocycles. The molecule has 14 heavy (non-hydrogen) atoms. The smallest absolute Gasteiger partial charge is 0.338 e. The first-order valence-electron chi connectivity index (χ1n) is 3.95. The largest absolute Gasteiger partial charge is 0.504 e. The van der Waals surface area contributed by atoms with E-state index >= 15 is 0 Å². The van der Waals surface area contributed by atoms with Crippen molar-refractivity contribution >= 4 is 5.97 Å². The fraction of sp³-hybridized carbons (Fsp3) is 0.222. The van der Waals surface area contributed by atoms with Crippen LogP contribution in [-0.2, 0) is 4.74 Å². The molecule has 5 nitrogen and oxygen atoms in total. The van der Waals surface area contributed by atoms with Crippen LogP contribution in [0.3, 0.4) is 0 Å². The molecule has 0 aliphatic heterocycles. The molecule has 0 saturated carbocycles. The van der Waals surface area contributed by atoms with Crippen molar-refractivity contribution in [1.29, 1.82) is 0 Å². The van der Waals surface area contributed by atoms with Crippen LogP contribution in [0.1, 0.15) is 10.4 Å². The molecule has 0 radical (unpaired) electrons. The van der Waals surface area contributed by atoms with Gasteiger partial charge in [-0.3, -0.25) is 0 Å². The fourth-order valence-electron chi connectivity index (χ4n) is 0.872. The maximum absolute atomic E-state index is 11.1. The summed E-state index contributed by atoms with van der Waals surface area (Å²) in [5, 5.41) is 26.4. The van der Waals surface area contributed by atoms with Crippen molar-refractivity contribution < 1.29 is 24.9 Å². The summed E-state index contributed by atoms with van der Waals surface area (Å²) in [6, 6.07) is 3.59. The van der Waals surface area contributed by atoms with E-state index < -0.39 is 5.97 Å². The Labute approximate surface area is 80.2 Å². The average Bonchev–Trinajstić information content (AvgIpc) is 2.18. The van der Waals surface area contributed by atoms with Crippen molar-refractivity contribution in [3.63, 3.8) is 0 Å². The van der Waals surface area contributed by atoms with Gasteiger partial charge in [0.25, 0.3) is 0 Å². The molecular formula is C9H10O5. The van der Waals surface area contributed by atoms with Gasteiger partial charge < -0.3 is 20.1 Å². The first kappa shape index (κ1) is 10.3. The molecule has 0 aromatic heterocycles. The SMILES string of the molecule is O=C(OCCO)c1ccc(O)c(O)c1. The Morgan fingerprint density at radius 3 is 2.57 bits per heavy atom. The van der Waals surface area contributed by atoms with E-state index in [1.165, 1.54) is 12.1 Å². The summed E-state index contributed by atoms with van der Waals surface area (Å²) in [5.74, 6) is -1.35. The van der Waals surface area contributed by atoms with Crippen LogP contribution >= 0.6 is 0 Å². The number of phenolic OH excluding ortho intramolecular Hbond substituents is 2. The lowest BCUT2D eigenvalue weighted by atomic mass is 10.2. The standard InChI is InChI=1S/C9H10O5/c10-3-4-14-9(13)6-1-2-7(11)8(12)5-6/h1-2,5,10-12H,3-4H2. The second kappa shape index (κ2) is 4.48. The second-order valence-electron chi connectivity index (χ2n) is 2.56. The summed E-state index contributed by atoms with van der Waals surface area (Å²) in [6.07, 6.45) is 0. The van der Waals surface area contributed by atoms with Crippen LogP contribution in [0.15, 0.2) is 18.2 Å². The van der Waals surface area contributed by atoms with Crippen molar-refractivity contribution in [2.75, 3.05) is 13.2 Å². The van der Waals surface area contributed by atoms with Crippen LogP contribution in [0, 0.1) is 0 Å². The van der Waals surface area contributed by atoms with E-state index in [4.69, 9.17) is 15.3 Å². The Balaban J connectivity index is 2.76. The molecule has 0 bridgehead atoms. The lowest BCUT2D eigenvalue weighted by Gasteiger charge is -2.03. The maximum Gasteiger partial charge on any atom is 0.338 e. The summed E-state index contributed by atoms with van der Waals surface area (Å²) in [4.78, 5) is 11.1. The van der Waals surface area contributed by atoms with Crippen molar-refractivity contribution in [3.8, 4) is 11.5 Å². The number of hydrogen-bond acceptors (Lipinski definition) is 5. The minimum absolute atomic E-state index is 0.0968. The molecule has 1 aromatic carbocycles. The molecule has 0 atom stereocenters. The number of hydrogen-bond donors (Lipinski definition) is 3. The molecule has 0 heterocycles. The number of ether oxygens (including phenoxy) is 1. The number of phenols is 2. The van der Waals surface area contributed by atoms with Crippen LogP contribution in [0.5, 0.6) is 11.5 Å². The van der Waals surface area contributed by atoms with Gasteiger partial charge >= 0.3 is 5.97 Å². The van der Waals surface area contributed by atoms with Crippen molar-refractivity contribution in [2.45, 2.75) is 0 Å². The monoisotopic (exact) mass is 198 g/mol. The van der Waals surface area contributed by atoms with E-state index in [1.54, 1.807) is 0 Å². The normalized spacial score (nSPS) is 9.79. The van der Waals surface area contributed by atoms with Crippen LogP contribution in [0.2, 0.25) is 0 Å². The molecule has 0 unspecified atom stereocenters. The zero-order valence-corrected chi connectivity index (χ0v) is 7.30. The molecule has 1 rings (SSSR count). The third kappa shape index (κ3) is 2.37. The number of aliphatic hydroxyl groups excluding tert-OH is 1. The van der Waals surface area contributed by atoms with Crippen molar-refractivity contribution in [1.82, 2.24) is 0 Å². The third-order valence-electron chi connectivity index (χ3n) is 1.54. The summed E-state index contributed by atoms with van der Waals surface area (Å²) in [6.45, 7) is -0.351. The van der Waals surface area contributed by atoms with Gasteiger partial charge in [-0.1, -0.05) is 0 Å². The van der Waals surface area contributed by atoms with Crippen LogP contribution in [-0.4, -0.2) is 34.5 Å². The van der Waals surface area contributed by atoms with Gasteiger partial charge in [0.05, 0.1) is 12.2 Å². The van der Waals surface area contributed by atoms with E-state index in [0.717, 1.165) is 6.07 Å². The molecule has 0 spiro atoms. The molecule has 1 aromatic rings. The van der Waals surface area contributed by atoms with Crippen LogP contribution < -0.4 is 0 Å². The fourth-order valence-corrected chi connectivity index (χ4v) is 0.872. The van der Waals surface area contributed by atoms with Gasteiger partial charge in [-0.15, -0.1) is 0 Å². The quantitative estimate of drug-likeness (QED) is 0.478. The maximum atomic E-state index is 11.1.